The molecule has 1 N–H and O–H groups in total. The average Bonchev–Trinajstić information content (AvgIpc) is 3.16. The van der Waals surface area contributed by atoms with Gasteiger partial charge in [-0.2, -0.15) is 0 Å². The minimum atomic E-state index is 0.117. The maximum atomic E-state index is 12.7. The van der Waals surface area contributed by atoms with Crippen LogP contribution < -0.4 is 10.1 Å². The smallest absolute Gasteiger partial charge is 0.223 e. The lowest BCUT2D eigenvalue weighted by molar-refractivity contribution is 0.0962. The number of rotatable bonds is 4. The van der Waals surface area contributed by atoms with Crippen LogP contribution in [0.4, 0.5) is 5.95 Å². The monoisotopic (exact) mass is 385 g/mol. The number of carbonyl (C=O) groups is 1. The van der Waals surface area contributed by atoms with E-state index in [0.717, 1.165) is 36.3 Å². The molecule has 2 aromatic carbocycles. The summed E-state index contributed by atoms with van der Waals surface area (Å²) in [6.45, 7) is 0. The Balaban J connectivity index is 1.34. The summed E-state index contributed by atoms with van der Waals surface area (Å²) in [5.74, 6) is 1.69. The summed E-state index contributed by atoms with van der Waals surface area (Å²) in [7, 11) is 1.66. The van der Waals surface area contributed by atoms with E-state index < -0.39 is 0 Å². The molecular weight excluding hydrogens is 362 g/mol. The van der Waals surface area contributed by atoms with Gasteiger partial charge >= 0.3 is 0 Å². The summed E-state index contributed by atoms with van der Waals surface area (Å²) in [6, 6.07) is 16.8. The molecule has 3 aromatic rings. The Morgan fingerprint density at radius 2 is 1.69 bits per heavy atom. The molecule has 29 heavy (non-hydrogen) atoms. The average molecular weight is 385 g/mol. The number of fused-ring (bicyclic) bond motifs is 2. The number of ether oxygens (including phenoxy) is 1. The lowest BCUT2D eigenvalue weighted by atomic mass is 9.82. The van der Waals surface area contributed by atoms with Gasteiger partial charge in [0.25, 0.3) is 0 Å². The lowest BCUT2D eigenvalue weighted by Crippen LogP contribution is -2.24. The van der Waals surface area contributed by atoms with E-state index in [2.05, 4.69) is 34.6 Å². The van der Waals surface area contributed by atoms with Crippen molar-refractivity contribution in [1.82, 2.24) is 9.97 Å². The number of ketones is 1. The number of anilines is 1. The van der Waals surface area contributed by atoms with Gasteiger partial charge < -0.3 is 10.1 Å². The SMILES string of the molecule is COc1ccc(C2CC(=O)c3cnc(NC4Cc5ccccc5C4)nc3C2)cc1. The van der Waals surface area contributed by atoms with Crippen molar-refractivity contribution in [1.29, 1.82) is 0 Å². The highest BCUT2D eigenvalue weighted by molar-refractivity contribution is 5.98. The van der Waals surface area contributed by atoms with Crippen molar-refractivity contribution in [2.45, 2.75) is 37.6 Å². The number of aromatic nitrogens is 2. The van der Waals surface area contributed by atoms with E-state index in [1.54, 1.807) is 13.3 Å². The Morgan fingerprint density at radius 3 is 2.38 bits per heavy atom. The molecule has 2 aliphatic rings. The summed E-state index contributed by atoms with van der Waals surface area (Å²) >= 11 is 0. The fourth-order valence-corrected chi connectivity index (χ4v) is 4.47. The Labute approximate surface area is 170 Å². The van der Waals surface area contributed by atoms with Gasteiger partial charge in [0, 0.05) is 18.7 Å². The summed E-state index contributed by atoms with van der Waals surface area (Å²) in [5, 5.41) is 3.47. The summed E-state index contributed by atoms with van der Waals surface area (Å²) in [6.07, 6.45) is 4.89. The van der Waals surface area contributed by atoms with Crippen LogP contribution in [0.1, 0.15) is 45.1 Å². The van der Waals surface area contributed by atoms with Crippen LogP contribution in [0.2, 0.25) is 0 Å². The van der Waals surface area contributed by atoms with Crippen molar-refractivity contribution in [2.24, 2.45) is 0 Å². The van der Waals surface area contributed by atoms with Gasteiger partial charge in [0.2, 0.25) is 5.95 Å². The molecule has 0 aliphatic heterocycles. The third kappa shape index (κ3) is 3.48. The van der Waals surface area contributed by atoms with E-state index in [0.29, 0.717) is 24.0 Å². The second kappa shape index (κ2) is 7.32. The van der Waals surface area contributed by atoms with E-state index in [1.165, 1.54) is 11.1 Å². The fourth-order valence-electron chi connectivity index (χ4n) is 4.47. The van der Waals surface area contributed by atoms with Crippen molar-refractivity contribution in [3.05, 3.63) is 82.7 Å². The van der Waals surface area contributed by atoms with Gasteiger partial charge in [-0.15, -0.1) is 0 Å². The highest BCUT2D eigenvalue weighted by atomic mass is 16.5. The van der Waals surface area contributed by atoms with Crippen LogP contribution in [-0.2, 0) is 19.3 Å². The number of carbonyl (C=O) groups excluding carboxylic acids is 1. The molecule has 0 saturated carbocycles. The zero-order valence-electron chi connectivity index (χ0n) is 16.4. The predicted molar refractivity (Wildman–Crippen MR) is 112 cm³/mol. The van der Waals surface area contributed by atoms with Crippen molar-refractivity contribution in [2.75, 3.05) is 12.4 Å². The van der Waals surface area contributed by atoms with Crippen LogP contribution in [0, 0.1) is 0 Å². The van der Waals surface area contributed by atoms with Crippen LogP contribution in [-0.4, -0.2) is 28.9 Å². The molecule has 0 saturated heterocycles. The summed E-state index contributed by atoms with van der Waals surface area (Å²) in [4.78, 5) is 21.8. The summed E-state index contributed by atoms with van der Waals surface area (Å²) in [5.41, 5.74) is 5.42. The molecule has 5 heteroatoms. The molecule has 0 fully saturated rings. The molecule has 0 amide bonds. The number of hydrogen-bond donors (Lipinski definition) is 1. The molecule has 1 heterocycles. The highest BCUT2D eigenvalue weighted by Crippen LogP contribution is 2.33. The fraction of sp³-hybridized carbons (Fsp3) is 0.292. The second-order valence-electron chi connectivity index (χ2n) is 7.87. The van der Waals surface area contributed by atoms with Gasteiger partial charge in [0.05, 0.1) is 18.4 Å². The van der Waals surface area contributed by atoms with Gasteiger partial charge in [-0.3, -0.25) is 4.79 Å². The summed E-state index contributed by atoms with van der Waals surface area (Å²) < 4.78 is 5.24. The molecule has 2 aliphatic carbocycles. The molecule has 5 nitrogen and oxygen atoms in total. The number of nitrogens with one attached hydrogen (secondary N) is 1. The Kier molecular flexibility index (Phi) is 4.51. The highest BCUT2D eigenvalue weighted by Gasteiger charge is 2.29. The first kappa shape index (κ1) is 17.9. The first-order valence-electron chi connectivity index (χ1n) is 10.1. The van der Waals surface area contributed by atoms with Crippen LogP contribution in [0.15, 0.2) is 54.7 Å². The molecule has 1 unspecified atom stereocenters. The van der Waals surface area contributed by atoms with E-state index >= 15 is 0 Å². The van der Waals surface area contributed by atoms with Crippen LogP contribution in [0.5, 0.6) is 5.75 Å². The normalized spacial score (nSPS) is 18.2. The van der Waals surface area contributed by atoms with Gasteiger partial charge in [0.15, 0.2) is 5.78 Å². The Bertz CT molecular complexity index is 1040. The molecule has 0 spiro atoms. The molecule has 1 aromatic heterocycles. The van der Waals surface area contributed by atoms with Gasteiger partial charge in [-0.05, 0) is 54.0 Å². The quantitative estimate of drug-likeness (QED) is 0.736. The topological polar surface area (TPSA) is 64.1 Å². The van der Waals surface area contributed by atoms with E-state index in [-0.39, 0.29) is 11.7 Å². The number of nitrogens with zero attached hydrogens (tertiary/aromatic N) is 2. The second-order valence-corrected chi connectivity index (χ2v) is 7.87. The maximum Gasteiger partial charge on any atom is 0.223 e. The number of benzene rings is 2. The minimum absolute atomic E-state index is 0.117. The van der Waals surface area contributed by atoms with Crippen molar-refractivity contribution >= 4 is 11.7 Å². The van der Waals surface area contributed by atoms with Crippen LogP contribution in [0.3, 0.4) is 0 Å². The predicted octanol–water partition coefficient (Wildman–Crippen LogP) is 3.98. The zero-order chi connectivity index (χ0) is 19.8. The molecule has 1 atom stereocenters. The van der Waals surface area contributed by atoms with Crippen molar-refractivity contribution in [3.63, 3.8) is 0 Å². The molecule has 5 rings (SSSR count). The van der Waals surface area contributed by atoms with Crippen LogP contribution >= 0.6 is 0 Å². The molecule has 0 bridgehead atoms. The number of hydrogen-bond acceptors (Lipinski definition) is 5. The number of Topliss-reactive ketones (excluding diaryl/α,β-unsaturated/α-hetero) is 1. The minimum Gasteiger partial charge on any atom is -0.497 e. The molecular formula is C24H23N3O2. The third-order valence-corrected chi connectivity index (χ3v) is 6.01. The first-order valence-corrected chi connectivity index (χ1v) is 10.1. The standard InChI is InChI=1S/C24H23N3O2/c1-29-20-8-6-15(7-9-20)18-12-22-21(23(28)13-18)14-25-24(27-22)26-19-10-16-4-2-3-5-17(16)11-19/h2-9,14,18-19H,10-13H2,1H3,(H,25,26,27). The number of methoxy groups -OCH3 is 1. The van der Waals surface area contributed by atoms with E-state index in [9.17, 15) is 4.79 Å². The Morgan fingerprint density at radius 1 is 0.966 bits per heavy atom. The van der Waals surface area contributed by atoms with Gasteiger partial charge in [-0.25, -0.2) is 9.97 Å². The third-order valence-electron chi connectivity index (χ3n) is 6.01. The largest absolute Gasteiger partial charge is 0.497 e. The van der Waals surface area contributed by atoms with Crippen molar-refractivity contribution in [3.8, 4) is 5.75 Å². The molecule has 146 valence electrons. The first-order chi connectivity index (χ1) is 14.2. The van der Waals surface area contributed by atoms with Crippen molar-refractivity contribution < 1.29 is 9.53 Å². The van der Waals surface area contributed by atoms with Gasteiger partial charge in [-0.1, -0.05) is 36.4 Å². The molecule has 0 radical (unpaired) electrons. The van der Waals surface area contributed by atoms with E-state index in [4.69, 9.17) is 9.72 Å². The van der Waals surface area contributed by atoms with Crippen LogP contribution in [0.25, 0.3) is 0 Å². The zero-order valence-corrected chi connectivity index (χ0v) is 16.4. The maximum absolute atomic E-state index is 12.7. The van der Waals surface area contributed by atoms with E-state index in [1.807, 2.05) is 24.3 Å². The van der Waals surface area contributed by atoms with Gasteiger partial charge in [0.1, 0.15) is 5.75 Å². The lowest BCUT2D eigenvalue weighted by Gasteiger charge is -2.24. The Hall–Kier alpha value is -3.21.